The van der Waals surface area contributed by atoms with Gasteiger partial charge in [-0.25, -0.2) is 0 Å². The highest BCUT2D eigenvalue weighted by molar-refractivity contribution is 4.85. The minimum absolute atomic E-state index is 0.385. The summed E-state index contributed by atoms with van der Waals surface area (Å²) in [4.78, 5) is 2.66. The van der Waals surface area contributed by atoms with Crippen molar-refractivity contribution in [2.75, 3.05) is 13.1 Å². The molecule has 0 aliphatic heterocycles. The first-order valence-electron chi connectivity index (χ1n) is 6.93. The SMILES string of the molecule is CCN(C1CCCC1)C(CN)CC(C)(C)C. The molecule has 1 aliphatic carbocycles. The first kappa shape index (κ1) is 14.0. The summed E-state index contributed by atoms with van der Waals surface area (Å²) in [7, 11) is 0. The van der Waals surface area contributed by atoms with E-state index in [4.69, 9.17) is 5.73 Å². The second kappa shape index (κ2) is 6.02. The van der Waals surface area contributed by atoms with Crippen molar-refractivity contribution in [2.45, 2.75) is 71.9 Å². The third-order valence-electron chi connectivity index (χ3n) is 3.75. The predicted molar refractivity (Wildman–Crippen MR) is 71.6 cm³/mol. The first-order valence-corrected chi connectivity index (χ1v) is 6.93. The zero-order chi connectivity index (χ0) is 12.2. The van der Waals surface area contributed by atoms with Crippen LogP contribution >= 0.6 is 0 Å². The minimum Gasteiger partial charge on any atom is -0.329 e. The van der Waals surface area contributed by atoms with E-state index in [2.05, 4.69) is 32.6 Å². The molecule has 1 aliphatic rings. The molecule has 16 heavy (non-hydrogen) atoms. The number of hydrogen-bond donors (Lipinski definition) is 1. The number of likely N-dealkylation sites (N-methyl/N-ethyl adjacent to an activating group) is 1. The molecule has 2 heteroatoms. The summed E-state index contributed by atoms with van der Waals surface area (Å²) >= 11 is 0. The van der Waals surface area contributed by atoms with Crippen LogP contribution in [0.15, 0.2) is 0 Å². The fourth-order valence-electron chi connectivity index (χ4n) is 3.09. The summed E-state index contributed by atoms with van der Waals surface area (Å²) in [6, 6.07) is 1.38. The van der Waals surface area contributed by atoms with Crippen molar-refractivity contribution in [1.29, 1.82) is 0 Å². The van der Waals surface area contributed by atoms with E-state index in [0.717, 1.165) is 19.1 Å². The maximum Gasteiger partial charge on any atom is 0.0226 e. The summed E-state index contributed by atoms with van der Waals surface area (Å²) in [5, 5.41) is 0. The highest BCUT2D eigenvalue weighted by atomic mass is 15.2. The summed E-state index contributed by atoms with van der Waals surface area (Å²) in [5.74, 6) is 0. The smallest absolute Gasteiger partial charge is 0.0226 e. The molecular weight excluding hydrogens is 196 g/mol. The number of nitrogens with zero attached hydrogens (tertiary/aromatic N) is 1. The van der Waals surface area contributed by atoms with Gasteiger partial charge in [-0.2, -0.15) is 0 Å². The summed E-state index contributed by atoms with van der Waals surface area (Å²) in [6.45, 7) is 11.2. The van der Waals surface area contributed by atoms with Crippen molar-refractivity contribution in [3.05, 3.63) is 0 Å². The lowest BCUT2D eigenvalue weighted by Crippen LogP contribution is -2.47. The molecule has 1 saturated carbocycles. The van der Waals surface area contributed by atoms with Crippen LogP contribution in [0.5, 0.6) is 0 Å². The molecule has 1 unspecified atom stereocenters. The van der Waals surface area contributed by atoms with Crippen molar-refractivity contribution in [3.63, 3.8) is 0 Å². The van der Waals surface area contributed by atoms with Gasteiger partial charge in [0.05, 0.1) is 0 Å². The van der Waals surface area contributed by atoms with E-state index in [-0.39, 0.29) is 0 Å². The molecule has 0 amide bonds. The Morgan fingerprint density at radius 2 is 1.81 bits per heavy atom. The van der Waals surface area contributed by atoms with Gasteiger partial charge in [-0.05, 0) is 31.2 Å². The molecule has 0 aromatic carbocycles. The van der Waals surface area contributed by atoms with E-state index >= 15 is 0 Å². The molecule has 0 bridgehead atoms. The van der Waals surface area contributed by atoms with Gasteiger partial charge in [0.2, 0.25) is 0 Å². The molecular formula is C14H30N2. The fourth-order valence-corrected chi connectivity index (χ4v) is 3.09. The number of hydrogen-bond acceptors (Lipinski definition) is 2. The topological polar surface area (TPSA) is 29.3 Å². The normalized spacial score (nSPS) is 20.6. The van der Waals surface area contributed by atoms with E-state index in [1.807, 2.05) is 0 Å². The molecule has 1 fully saturated rings. The van der Waals surface area contributed by atoms with E-state index in [9.17, 15) is 0 Å². The highest BCUT2D eigenvalue weighted by Crippen LogP contribution is 2.29. The molecule has 0 aromatic heterocycles. The van der Waals surface area contributed by atoms with Crippen LogP contribution in [0.3, 0.4) is 0 Å². The van der Waals surface area contributed by atoms with Gasteiger partial charge in [-0.3, -0.25) is 4.90 Å². The molecule has 0 spiro atoms. The molecule has 0 radical (unpaired) electrons. The largest absolute Gasteiger partial charge is 0.329 e. The summed E-state index contributed by atoms with van der Waals surface area (Å²) in [6.07, 6.45) is 6.80. The molecule has 1 atom stereocenters. The van der Waals surface area contributed by atoms with Gasteiger partial charge in [-0.1, -0.05) is 40.5 Å². The lowest BCUT2D eigenvalue weighted by Gasteiger charge is -2.38. The quantitative estimate of drug-likeness (QED) is 0.781. The second-order valence-corrected chi connectivity index (χ2v) is 6.42. The van der Waals surface area contributed by atoms with Crippen molar-refractivity contribution >= 4 is 0 Å². The van der Waals surface area contributed by atoms with Crippen LogP contribution in [0.1, 0.15) is 59.8 Å². The standard InChI is InChI=1S/C14H30N2/c1-5-16(12-8-6-7-9-12)13(11-15)10-14(2,3)4/h12-13H,5-11,15H2,1-4H3. The average Bonchev–Trinajstić information content (AvgIpc) is 2.68. The summed E-state index contributed by atoms with van der Waals surface area (Å²) < 4.78 is 0. The number of rotatable bonds is 5. The summed E-state index contributed by atoms with van der Waals surface area (Å²) in [5.41, 5.74) is 6.37. The third-order valence-corrected chi connectivity index (χ3v) is 3.75. The van der Waals surface area contributed by atoms with Crippen molar-refractivity contribution < 1.29 is 0 Å². The van der Waals surface area contributed by atoms with E-state index < -0.39 is 0 Å². The van der Waals surface area contributed by atoms with Crippen LogP contribution in [0, 0.1) is 5.41 Å². The van der Waals surface area contributed by atoms with Gasteiger partial charge < -0.3 is 5.73 Å². The predicted octanol–water partition coefficient (Wildman–Crippen LogP) is 3.01. The Morgan fingerprint density at radius 3 is 2.19 bits per heavy atom. The van der Waals surface area contributed by atoms with Crippen LogP contribution in [-0.4, -0.2) is 30.1 Å². The zero-order valence-electron chi connectivity index (χ0n) is 11.6. The minimum atomic E-state index is 0.385. The van der Waals surface area contributed by atoms with Gasteiger partial charge in [0.1, 0.15) is 0 Å². The van der Waals surface area contributed by atoms with Gasteiger partial charge in [0.25, 0.3) is 0 Å². The highest BCUT2D eigenvalue weighted by Gasteiger charge is 2.29. The van der Waals surface area contributed by atoms with Crippen LogP contribution in [-0.2, 0) is 0 Å². The van der Waals surface area contributed by atoms with E-state index in [1.54, 1.807) is 0 Å². The maximum atomic E-state index is 5.98. The second-order valence-electron chi connectivity index (χ2n) is 6.42. The Hall–Kier alpha value is -0.0800. The molecule has 1 rings (SSSR count). The van der Waals surface area contributed by atoms with E-state index in [0.29, 0.717) is 11.5 Å². The zero-order valence-corrected chi connectivity index (χ0v) is 11.6. The Kier molecular flexibility index (Phi) is 5.26. The van der Waals surface area contributed by atoms with Crippen LogP contribution in [0.4, 0.5) is 0 Å². The van der Waals surface area contributed by atoms with Crippen molar-refractivity contribution in [3.8, 4) is 0 Å². The molecule has 2 N–H and O–H groups in total. The molecule has 2 nitrogen and oxygen atoms in total. The fraction of sp³-hybridized carbons (Fsp3) is 1.00. The lowest BCUT2D eigenvalue weighted by atomic mass is 9.87. The Balaban J connectivity index is 2.59. The van der Waals surface area contributed by atoms with Crippen molar-refractivity contribution in [2.24, 2.45) is 11.1 Å². The Labute approximate surface area is 102 Å². The number of nitrogens with two attached hydrogens (primary N) is 1. The monoisotopic (exact) mass is 226 g/mol. The molecule has 0 aromatic rings. The first-order chi connectivity index (χ1) is 7.48. The molecule has 0 heterocycles. The molecule has 0 saturated heterocycles. The van der Waals surface area contributed by atoms with Gasteiger partial charge in [0, 0.05) is 18.6 Å². The van der Waals surface area contributed by atoms with Crippen molar-refractivity contribution in [1.82, 2.24) is 4.90 Å². The van der Waals surface area contributed by atoms with Crippen LogP contribution in [0.25, 0.3) is 0 Å². The maximum absolute atomic E-state index is 5.98. The van der Waals surface area contributed by atoms with E-state index in [1.165, 1.54) is 32.1 Å². The van der Waals surface area contributed by atoms with Gasteiger partial charge >= 0.3 is 0 Å². The van der Waals surface area contributed by atoms with Gasteiger partial charge in [0.15, 0.2) is 0 Å². The van der Waals surface area contributed by atoms with Gasteiger partial charge in [-0.15, -0.1) is 0 Å². The molecule has 96 valence electrons. The Bertz CT molecular complexity index is 189. The Morgan fingerprint density at radius 1 is 1.25 bits per heavy atom. The van der Waals surface area contributed by atoms with Crippen LogP contribution < -0.4 is 5.73 Å². The lowest BCUT2D eigenvalue weighted by molar-refractivity contribution is 0.112. The average molecular weight is 226 g/mol. The van der Waals surface area contributed by atoms with Crippen LogP contribution in [0.2, 0.25) is 0 Å². The third kappa shape index (κ3) is 4.06.